The molecular formula is C18H23Br2N3O3S. The Labute approximate surface area is 179 Å². The standard InChI is InChI=1S/C18H23Br2N3O3S/c19-13-7-12(15(20)27-13)8-14(24)23-6-1-3-11(10-23)9-22-17(26)18(16(21)25)4-2-5-18/h7,11H,1-6,8-10H2,(H2,21,25)(H,22,26). The number of hydrogen-bond donors (Lipinski definition) is 2. The number of nitrogens with zero attached hydrogens (tertiary/aromatic N) is 1. The molecule has 2 aliphatic rings. The van der Waals surface area contributed by atoms with Crippen molar-refractivity contribution < 1.29 is 14.4 Å². The van der Waals surface area contributed by atoms with Gasteiger partial charge in [0.1, 0.15) is 5.41 Å². The number of primary amides is 1. The zero-order chi connectivity index (χ0) is 19.6. The number of nitrogens with two attached hydrogens (primary N) is 1. The van der Waals surface area contributed by atoms with Gasteiger partial charge in [0.25, 0.3) is 0 Å². The molecule has 3 amide bonds. The van der Waals surface area contributed by atoms with Crippen LogP contribution in [0.3, 0.4) is 0 Å². The molecule has 1 saturated heterocycles. The highest BCUT2D eigenvalue weighted by Crippen LogP contribution is 2.40. The molecule has 1 unspecified atom stereocenters. The summed E-state index contributed by atoms with van der Waals surface area (Å²) >= 11 is 8.50. The number of nitrogens with one attached hydrogen (secondary N) is 1. The van der Waals surface area contributed by atoms with Crippen molar-refractivity contribution in [3.8, 4) is 0 Å². The van der Waals surface area contributed by atoms with Crippen LogP contribution in [0.2, 0.25) is 0 Å². The van der Waals surface area contributed by atoms with Gasteiger partial charge in [-0.15, -0.1) is 11.3 Å². The van der Waals surface area contributed by atoms with Gasteiger partial charge in [-0.05, 0) is 75.1 Å². The third kappa shape index (κ3) is 4.56. The van der Waals surface area contributed by atoms with E-state index in [1.807, 2.05) is 11.0 Å². The summed E-state index contributed by atoms with van der Waals surface area (Å²) in [5.41, 5.74) is 5.41. The Bertz CT molecular complexity index is 748. The van der Waals surface area contributed by atoms with Crippen molar-refractivity contribution in [2.75, 3.05) is 19.6 Å². The summed E-state index contributed by atoms with van der Waals surface area (Å²) in [6, 6.07) is 1.97. The van der Waals surface area contributed by atoms with Gasteiger partial charge in [-0.1, -0.05) is 6.42 Å². The van der Waals surface area contributed by atoms with E-state index >= 15 is 0 Å². The van der Waals surface area contributed by atoms with Gasteiger partial charge in [-0.2, -0.15) is 0 Å². The molecule has 1 aliphatic heterocycles. The summed E-state index contributed by atoms with van der Waals surface area (Å²) in [6.07, 6.45) is 4.18. The molecule has 0 aromatic carbocycles. The minimum atomic E-state index is -1.01. The smallest absolute Gasteiger partial charge is 0.235 e. The number of thiophene rings is 1. The molecule has 1 aliphatic carbocycles. The minimum absolute atomic E-state index is 0.102. The Morgan fingerprint density at radius 3 is 2.59 bits per heavy atom. The molecule has 1 saturated carbocycles. The van der Waals surface area contributed by atoms with E-state index in [2.05, 4.69) is 37.2 Å². The average molecular weight is 521 g/mol. The largest absolute Gasteiger partial charge is 0.369 e. The summed E-state index contributed by atoms with van der Waals surface area (Å²) in [4.78, 5) is 38.6. The lowest BCUT2D eigenvalue weighted by atomic mass is 9.67. The molecule has 2 heterocycles. The van der Waals surface area contributed by atoms with Crippen molar-refractivity contribution in [3.05, 3.63) is 19.2 Å². The van der Waals surface area contributed by atoms with Gasteiger partial charge in [0.2, 0.25) is 17.7 Å². The molecule has 3 rings (SSSR count). The average Bonchev–Trinajstić information content (AvgIpc) is 2.89. The fraction of sp³-hybridized carbons (Fsp3) is 0.611. The maximum Gasteiger partial charge on any atom is 0.235 e. The number of rotatable bonds is 6. The fourth-order valence-electron chi connectivity index (χ4n) is 3.75. The van der Waals surface area contributed by atoms with Crippen molar-refractivity contribution in [1.82, 2.24) is 10.2 Å². The van der Waals surface area contributed by atoms with Crippen molar-refractivity contribution in [3.63, 3.8) is 0 Å². The zero-order valence-electron chi connectivity index (χ0n) is 14.9. The Hall–Kier alpha value is -0.930. The maximum absolute atomic E-state index is 12.7. The lowest BCUT2D eigenvalue weighted by molar-refractivity contribution is -0.147. The fourth-order valence-corrected chi connectivity index (χ4v) is 6.58. The molecule has 9 heteroatoms. The van der Waals surface area contributed by atoms with Gasteiger partial charge in [-0.25, -0.2) is 0 Å². The Kier molecular flexibility index (Phi) is 6.63. The number of carbonyl (C=O) groups is 3. The van der Waals surface area contributed by atoms with Crippen molar-refractivity contribution in [2.45, 2.75) is 38.5 Å². The van der Waals surface area contributed by atoms with E-state index in [-0.39, 0.29) is 17.7 Å². The third-order valence-electron chi connectivity index (χ3n) is 5.61. The van der Waals surface area contributed by atoms with Crippen LogP contribution in [0.1, 0.15) is 37.7 Å². The van der Waals surface area contributed by atoms with E-state index < -0.39 is 11.3 Å². The summed E-state index contributed by atoms with van der Waals surface area (Å²) < 4.78 is 1.97. The van der Waals surface area contributed by atoms with E-state index in [9.17, 15) is 14.4 Å². The monoisotopic (exact) mass is 519 g/mol. The molecule has 3 N–H and O–H groups in total. The van der Waals surface area contributed by atoms with Crippen LogP contribution in [-0.2, 0) is 20.8 Å². The number of amides is 3. The summed E-state index contributed by atoms with van der Waals surface area (Å²) in [7, 11) is 0. The first-order valence-corrected chi connectivity index (χ1v) is 11.5. The number of halogens is 2. The van der Waals surface area contributed by atoms with E-state index in [4.69, 9.17) is 5.73 Å². The predicted octanol–water partition coefficient (Wildman–Crippen LogP) is 2.83. The number of likely N-dealkylation sites (tertiary alicyclic amines) is 1. The summed E-state index contributed by atoms with van der Waals surface area (Å²) in [5.74, 6) is -0.477. The topological polar surface area (TPSA) is 92.5 Å². The van der Waals surface area contributed by atoms with Crippen LogP contribution in [0.15, 0.2) is 13.6 Å². The molecule has 27 heavy (non-hydrogen) atoms. The first kappa shape index (κ1) is 20.8. The molecule has 148 valence electrons. The normalized spacial score (nSPS) is 21.4. The quantitative estimate of drug-likeness (QED) is 0.565. The predicted molar refractivity (Wildman–Crippen MR) is 111 cm³/mol. The van der Waals surface area contributed by atoms with Crippen molar-refractivity contribution >= 4 is 60.9 Å². The van der Waals surface area contributed by atoms with Crippen molar-refractivity contribution in [2.24, 2.45) is 17.1 Å². The molecule has 0 radical (unpaired) electrons. The molecule has 2 fully saturated rings. The van der Waals surface area contributed by atoms with Crippen LogP contribution in [0.5, 0.6) is 0 Å². The second-order valence-corrected chi connectivity index (χ2v) is 11.1. The highest BCUT2D eigenvalue weighted by Gasteiger charge is 2.49. The van der Waals surface area contributed by atoms with Crippen LogP contribution in [0, 0.1) is 11.3 Å². The zero-order valence-corrected chi connectivity index (χ0v) is 18.9. The second kappa shape index (κ2) is 8.61. The SMILES string of the molecule is NC(=O)C1(C(=O)NCC2CCCN(C(=O)Cc3cc(Br)sc3Br)C2)CCC1. The van der Waals surface area contributed by atoms with Gasteiger partial charge in [0.05, 0.1) is 14.0 Å². The first-order chi connectivity index (χ1) is 12.8. The maximum atomic E-state index is 12.7. The highest BCUT2D eigenvalue weighted by molar-refractivity contribution is 9.12. The van der Waals surface area contributed by atoms with Gasteiger partial charge in [0.15, 0.2) is 0 Å². The van der Waals surface area contributed by atoms with E-state index in [1.165, 1.54) is 0 Å². The summed E-state index contributed by atoms with van der Waals surface area (Å²) in [5, 5.41) is 2.91. The number of piperidine rings is 1. The molecule has 0 spiro atoms. The molecule has 6 nitrogen and oxygen atoms in total. The number of hydrogen-bond acceptors (Lipinski definition) is 4. The third-order valence-corrected chi connectivity index (χ3v) is 8.07. The van der Waals surface area contributed by atoms with E-state index in [0.717, 1.165) is 38.9 Å². The van der Waals surface area contributed by atoms with Crippen LogP contribution < -0.4 is 11.1 Å². The Balaban J connectivity index is 1.52. The van der Waals surface area contributed by atoms with Gasteiger partial charge >= 0.3 is 0 Å². The molecule has 1 atom stereocenters. The van der Waals surface area contributed by atoms with Crippen LogP contribution in [0.4, 0.5) is 0 Å². The van der Waals surface area contributed by atoms with Crippen LogP contribution >= 0.6 is 43.2 Å². The highest BCUT2D eigenvalue weighted by atomic mass is 79.9. The Morgan fingerprint density at radius 2 is 2.04 bits per heavy atom. The lowest BCUT2D eigenvalue weighted by Gasteiger charge is -2.38. The first-order valence-electron chi connectivity index (χ1n) is 9.11. The van der Waals surface area contributed by atoms with Gasteiger partial charge in [0, 0.05) is 19.6 Å². The van der Waals surface area contributed by atoms with Gasteiger partial charge < -0.3 is 16.0 Å². The van der Waals surface area contributed by atoms with E-state index in [1.54, 1.807) is 11.3 Å². The Morgan fingerprint density at radius 1 is 1.30 bits per heavy atom. The molecular weight excluding hydrogens is 498 g/mol. The summed E-state index contributed by atoms with van der Waals surface area (Å²) in [6.45, 7) is 1.86. The van der Waals surface area contributed by atoms with Gasteiger partial charge in [-0.3, -0.25) is 14.4 Å². The number of carbonyl (C=O) groups excluding carboxylic acids is 3. The van der Waals surface area contributed by atoms with Crippen LogP contribution in [-0.4, -0.2) is 42.3 Å². The molecule has 0 bridgehead atoms. The van der Waals surface area contributed by atoms with Crippen molar-refractivity contribution in [1.29, 1.82) is 0 Å². The molecule has 1 aromatic rings. The van der Waals surface area contributed by atoms with E-state index in [0.29, 0.717) is 32.4 Å². The molecule has 1 aromatic heterocycles. The minimum Gasteiger partial charge on any atom is -0.369 e. The van der Waals surface area contributed by atoms with Crippen LogP contribution in [0.25, 0.3) is 0 Å². The second-order valence-electron chi connectivity index (χ2n) is 7.38. The lowest BCUT2D eigenvalue weighted by Crippen LogP contribution is -2.55.